The number of likely N-dealkylation sites (tertiary alicyclic amines) is 2. The Balaban J connectivity index is 1.85. The first-order valence-electron chi connectivity index (χ1n) is 33.8. The van der Waals surface area contributed by atoms with Crippen LogP contribution in [0.2, 0.25) is 0 Å². The second-order valence-corrected chi connectivity index (χ2v) is 26.7. The Morgan fingerprint density at radius 3 is 1.44 bits per heavy atom. The van der Waals surface area contributed by atoms with E-state index in [1.165, 1.54) is 40.9 Å². The van der Waals surface area contributed by atoms with Gasteiger partial charge < -0.3 is 123 Å². The van der Waals surface area contributed by atoms with Crippen molar-refractivity contribution in [3.05, 3.63) is 18.2 Å². The molecule has 0 spiro atoms. The first kappa shape index (κ1) is 87.1. The Morgan fingerprint density at radius 1 is 0.545 bits per heavy atom. The number of aromatic nitrogens is 2. The highest BCUT2D eigenvalue weighted by atomic mass is 32.2. The van der Waals surface area contributed by atoms with Gasteiger partial charge in [-0.05, 0) is 154 Å². The molecule has 0 aliphatic carbocycles. The summed E-state index contributed by atoms with van der Waals surface area (Å²) >= 11 is 2.85. The van der Waals surface area contributed by atoms with Gasteiger partial charge in [0, 0.05) is 44.5 Å². The van der Waals surface area contributed by atoms with E-state index in [-0.39, 0.29) is 128 Å². The van der Waals surface area contributed by atoms with Crippen molar-refractivity contribution >= 4 is 106 Å². The molecule has 0 unspecified atom stereocenters. The SMILES string of the molecule is CSCC[C@H](NC(=O)[C@H](CCCCN)NC(=O)[C@H](CCCN=C(N)N)NC(=O)[C@H](CO)NC(=O)[C@@H]1CCCN1C(=O)[C@@H](NC(=O)[C@@H](NC(=O)[C@@H]1CCCN1C(=O)[C@H](CCCN=C(N)N)NC(=O)[C@H](CCCCN)NC(=O)[C@H](Cc1cnc[nH]1)NC(=O)[C@@H](N)CCSC)[C@@H](C)O)[C@@H](C)O)C(=O)O. The van der Waals surface area contributed by atoms with Gasteiger partial charge in [0.05, 0.1) is 31.2 Å². The van der Waals surface area contributed by atoms with Crippen LogP contribution in [0.3, 0.4) is 0 Å². The number of carbonyl (C=O) groups is 12. The summed E-state index contributed by atoms with van der Waals surface area (Å²) in [6.45, 7) is 1.66. The van der Waals surface area contributed by atoms with Crippen LogP contribution >= 0.6 is 23.5 Å². The minimum Gasteiger partial charge on any atom is -0.480 e. The molecule has 3 heterocycles. The molecule has 0 radical (unpaired) electrons. The van der Waals surface area contributed by atoms with E-state index in [1.807, 2.05) is 6.26 Å². The fraction of sp³-hybridized carbons (Fsp3) is 0.721. The number of thioether (sulfide) groups is 2. The molecule has 0 bridgehead atoms. The summed E-state index contributed by atoms with van der Waals surface area (Å²) in [6.07, 6.45) is 5.57. The molecule has 101 heavy (non-hydrogen) atoms. The first-order valence-corrected chi connectivity index (χ1v) is 36.6. The minimum absolute atomic E-state index is 0.00909. The molecule has 38 nitrogen and oxygen atoms in total. The highest BCUT2D eigenvalue weighted by molar-refractivity contribution is 7.98. The highest BCUT2D eigenvalue weighted by Crippen LogP contribution is 2.23. The first-order chi connectivity index (χ1) is 48.0. The van der Waals surface area contributed by atoms with Gasteiger partial charge >= 0.3 is 5.97 Å². The van der Waals surface area contributed by atoms with E-state index >= 15 is 0 Å². The fourth-order valence-electron chi connectivity index (χ4n) is 11.1. The molecule has 28 N–H and O–H groups in total. The molecule has 14 atom stereocenters. The number of carboxylic acid groups (broad SMARTS) is 1. The minimum atomic E-state index is -1.84. The number of guanidine groups is 2. The maximum Gasteiger partial charge on any atom is 0.326 e. The van der Waals surface area contributed by atoms with Crippen LogP contribution in [0, 0.1) is 0 Å². The number of imidazole rings is 1. The molecule has 11 amide bonds. The van der Waals surface area contributed by atoms with Gasteiger partial charge in [-0.15, -0.1) is 0 Å². The smallest absolute Gasteiger partial charge is 0.326 e. The van der Waals surface area contributed by atoms with Crippen molar-refractivity contribution < 1.29 is 78.0 Å². The molecule has 3 rings (SSSR count). The maximum atomic E-state index is 14.8. The van der Waals surface area contributed by atoms with Crippen LogP contribution in [0.4, 0.5) is 0 Å². The molecule has 0 aromatic carbocycles. The van der Waals surface area contributed by atoms with Crippen molar-refractivity contribution in [2.75, 3.05) is 69.9 Å². The summed E-state index contributed by atoms with van der Waals surface area (Å²) in [7, 11) is 0. The predicted molar refractivity (Wildman–Crippen MR) is 377 cm³/mol. The van der Waals surface area contributed by atoms with Gasteiger partial charge in [-0.3, -0.25) is 62.7 Å². The summed E-state index contributed by atoms with van der Waals surface area (Å²) in [5.74, 6) is -10.6. The summed E-state index contributed by atoms with van der Waals surface area (Å²) < 4.78 is 0. The van der Waals surface area contributed by atoms with Crippen LogP contribution in [-0.4, -0.2) is 278 Å². The number of hydrogen-bond acceptors (Lipinski definition) is 23. The average Bonchev–Trinajstić information content (AvgIpc) is 1.73. The number of nitrogens with zero attached hydrogens (tertiary/aromatic N) is 5. The Kier molecular flexibility index (Phi) is 40.0. The van der Waals surface area contributed by atoms with E-state index in [0.717, 1.165) is 18.7 Å². The van der Waals surface area contributed by atoms with Crippen LogP contribution in [0.1, 0.15) is 122 Å². The molecular weight excluding hydrogens is 1360 g/mol. The predicted octanol–water partition coefficient (Wildman–Crippen LogP) is -7.67. The number of unbranched alkanes of at least 4 members (excludes halogenated alkanes) is 2. The van der Waals surface area contributed by atoms with Crippen LogP contribution in [-0.2, 0) is 64.0 Å². The molecule has 1 aromatic rings. The van der Waals surface area contributed by atoms with E-state index in [1.54, 1.807) is 6.26 Å². The number of rotatable bonds is 48. The van der Waals surface area contributed by atoms with Gasteiger partial charge in [-0.25, -0.2) is 9.78 Å². The van der Waals surface area contributed by atoms with Crippen LogP contribution in [0.25, 0.3) is 0 Å². The summed E-state index contributed by atoms with van der Waals surface area (Å²) in [6, 6.07) is -17.0. The maximum absolute atomic E-state index is 14.8. The van der Waals surface area contributed by atoms with E-state index in [0.29, 0.717) is 49.3 Å². The third-order valence-electron chi connectivity index (χ3n) is 16.7. The zero-order valence-corrected chi connectivity index (χ0v) is 59.5. The highest BCUT2D eigenvalue weighted by Gasteiger charge is 2.44. The third-order valence-corrected chi connectivity index (χ3v) is 18.0. The molecule has 570 valence electrons. The zero-order chi connectivity index (χ0) is 75.3. The standard InChI is InChI=1S/C61H108N22O16S2/c1-33(85)46(80-55(94)45-18-11-25-82(45)57(96)40(16-10-24-71-61(67)68)76-50(89)37(13-5-7-21-62)74-52(91)42(29-35-30-69-32-72-35)78-48(87)36(64)19-27-100-3)56(95)81-47(34(2)86)58(97)83-26-12-17-44(83)54(93)79-43(31-84)53(92)75-39(15-9-23-70-60(65)66)49(88)73-38(14-6-8-22-63)51(90)77-41(59(98)99)20-28-101-4/h30,32-34,36-47,84-86H,5-29,31,62-64H2,1-4H3,(H,69,72)(H,73,88)(H,74,91)(H,75,92)(H,76,89)(H,77,90)(H,78,87)(H,79,93)(H,80,94)(H,81,95)(H,98,99)(H4,65,66,70)(H4,67,68,71)/t33-,34-,36+,37+,38+,39+,40+,41+,42+,43+,44+,45+,46+,47+/m1/s1. The second kappa shape index (κ2) is 46.4. The number of carboxylic acids is 1. The molecular formula is C61H108N22O16S2. The average molecular weight is 1470 g/mol. The van der Waals surface area contributed by atoms with Gasteiger partial charge in [0.1, 0.15) is 66.5 Å². The summed E-state index contributed by atoms with van der Waals surface area (Å²) in [5, 5.41) is 65.3. The third kappa shape index (κ3) is 30.1. The van der Waals surface area contributed by atoms with Gasteiger partial charge in [0.15, 0.2) is 11.9 Å². The number of hydrogen-bond donors (Lipinski definition) is 21. The van der Waals surface area contributed by atoms with E-state index in [9.17, 15) is 78.0 Å². The molecule has 2 aliphatic heterocycles. The van der Waals surface area contributed by atoms with Crippen molar-refractivity contribution in [2.24, 2.45) is 50.1 Å². The lowest BCUT2D eigenvalue weighted by atomic mass is 10.0. The molecule has 2 aliphatic rings. The molecule has 40 heteroatoms. The van der Waals surface area contributed by atoms with Gasteiger partial charge in [-0.2, -0.15) is 23.5 Å². The Bertz CT molecular complexity index is 2910. The van der Waals surface area contributed by atoms with Crippen molar-refractivity contribution in [2.45, 2.75) is 208 Å². The fourth-order valence-corrected chi connectivity index (χ4v) is 12.1. The lowest BCUT2D eigenvalue weighted by Gasteiger charge is -2.33. The number of aliphatic hydroxyl groups is 3. The van der Waals surface area contributed by atoms with Crippen LogP contribution in [0.5, 0.6) is 0 Å². The monoisotopic (exact) mass is 1470 g/mol. The second-order valence-electron chi connectivity index (χ2n) is 24.7. The lowest BCUT2D eigenvalue weighted by molar-refractivity contribution is -0.146. The van der Waals surface area contributed by atoms with Crippen molar-refractivity contribution in [3.63, 3.8) is 0 Å². The van der Waals surface area contributed by atoms with Crippen LogP contribution < -0.4 is 88.0 Å². The number of nitrogens with two attached hydrogens (primary N) is 7. The Labute approximate surface area is 595 Å². The number of carbonyl (C=O) groups excluding carboxylic acids is 11. The van der Waals surface area contributed by atoms with Crippen molar-refractivity contribution in [1.29, 1.82) is 0 Å². The van der Waals surface area contributed by atoms with Crippen molar-refractivity contribution in [3.8, 4) is 0 Å². The molecule has 0 saturated carbocycles. The van der Waals surface area contributed by atoms with Crippen LogP contribution in [0.15, 0.2) is 22.5 Å². The number of aliphatic imine (C=N–C) groups is 2. The van der Waals surface area contributed by atoms with E-state index in [4.69, 9.17) is 40.1 Å². The summed E-state index contributed by atoms with van der Waals surface area (Å²) in [5.41, 5.74) is 40.2. The van der Waals surface area contributed by atoms with Gasteiger partial charge in [-0.1, -0.05) is 0 Å². The number of H-pyrrole nitrogens is 1. The zero-order valence-electron chi connectivity index (χ0n) is 57.9. The quantitative estimate of drug-likeness (QED) is 0.0164. The Hall–Kier alpha value is -8.15. The normalized spacial score (nSPS) is 17.8. The number of aliphatic hydroxyl groups excluding tert-OH is 3. The molecule has 1 aromatic heterocycles. The molecule has 2 saturated heterocycles. The van der Waals surface area contributed by atoms with Gasteiger partial charge in [0.2, 0.25) is 65.0 Å². The Morgan fingerprint density at radius 2 is 0.980 bits per heavy atom. The molecule has 2 fully saturated rings. The number of aliphatic carboxylic acids is 1. The summed E-state index contributed by atoms with van der Waals surface area (Å²) in [4.78, 5) is 184. The lowest BCUT2D eigenvalue weighted by Crippen LogP contribution is -2.63. The van der Waals surface area contributed by atoms with E-state index in [2.05, 4.69) is 67.8 Å². The topological polar surface area (TPSA) is 636 Å². The van der Waals surface area contributed by atoms with E-state index < -0.39 is 162 Å². The number of amides is 11. The van der Waals surface area contributed by atoms with Gasteiger partial charge in [0.25, 0.3) is 0 Å². The number of aromatic amines is 1. The number of nitrogens with one attached hydrogen (secondary N) is 10. The largest absolute Gasteiger partial charge is 0.480 e. The van der Waals surface area contributed by atoms with Crippen molar-refractivity contribution in [1.82, 2.24) is 67.6 Å².